The van der Waals surface area contributed by atoms with Gasteiger partial charge in [-0.2, -0.15) is 0 Å². The lowest BCUT2D eigenvalue weighted by molar-refractivity contribution is 1.18. The summed E-state index contributed by atoms with van der Waals surface area (Å²) in [7, 11) is 0. The lowest BCUT2D eigenvalue weighted by Gasteiger charge is -2.14. The number of aromatic nitrogens is 3. The zero-order valence-electron chi connectivity index (χ0n) is 27.7. The maximum atomic E-state index is 5.32. The highest BCUT2D eigenvalue weighted by Crippen LogP contribution is 2.42. The number of fused-ring (bicyclic) bond motifs is 7. The molecule has 0 amide bonds. The van der Waals surface area contributed by atoms with Crippen molar-refractivity contribution in [3.8, 4) is 50.6 Å². The Morgan fingerprint density at radius 2 is 0.902 bits per heavy atom. The van der Waals surface area contributed by atoms with E-state index in [4.69, 9.17) is 9.97 Å². The van der Waals surface area contributed by atoms with Crippen molar-refractivity contribution in [2.45, 2.75) is 0 Å². The summed E-state index contributed by atoms with van der Waals surface area (Å²) < 4.78 is 2.38. The van der Waals surface area contributed by atoms with Crippen LogP contribution in [0.2, 0.25) is 0 Å². The fraction of sp³-hybridized carbons (Fsp3) is 0. The van der Waals surface area contributed by atoms with E-state index in [1.807, 2.05) is 12.1 Å². The number of hydrogen-bond donors (Lipinski definition) is 0. The van der Waals surface area contributed by atoms with Crippen molar-refractivity contribution in [2.24, 2.45) is 0 Å². The van der Waals surface area contributed by atoms with E-state index in [0.717, 1.165) is 66.9 Å². The van der Waals surface area contributed by atoms with Crippen LogP contribution < -0.4 is 0 Å². The summed E-state index contributed by atoms with van der Waals surface area (Å²) in [6.07, 6.45) is 0. The van der Waals surface area contributed by atoms with Gasteiger partial charge in [0.05, 0.1) is 33.6 Å². The molecule has 0 aliphatic carbocycles. The van der Waals surface area contributed by atoms with Gasteiger partial charge in [0.25, 0.3) is 0 Å². The summed E-state index contributed by atoms with van der Waals surface area (Å²) >= 11 is 0. The first-order valence-corrected chi connectivity index (χ1v) is 17.3. The summed E-state index contributed by atoms with van der Waals surface area (Å²) in [5.41, 5.74) is 13.0. The van der Waals surface area contributed by atoms with Gasteiger partial charge in [-0.3, -0.25) is 0 Å². The van der Waals surface area contributed by atoms with Gasteiger partial charge < -0.3 is 4.57 Å². The number of nitrogens with zero attached hydrogens (tertiary/aromatic N) is 3. The maximum Gasteiger partial charge on any atom is 0.0788 e. The Bertz CT molecular complexity index is 2820. The van der Waals surface area contributed by atoms with Gasteiger partial charge in [-0.25, -0.2) is 9.97 Å². The van der Waals surface area contributed by atoms with Gasteiger partial charge in [-0.05, 0) is 53.6 Å². The highest BCUT2D eigenvalue weighted by molar-refractivity contribution is 6.29. The third kappa shape index (κ3) is 4.90. The number of para-hydroxylation sites is 3. The quantitative estimate of drug-likeness (QED) is 0.174. The van der Waals surface area contributed by atoms with E-state index < -0.39 is 0 Å². The van der Waals surface area contributed by atoms with E-state index in [-0.39, 0.29) is 0 Å². The Labute approximate surface area is 295 Å². The minimum Gasteiger partial charge on any atom is -0.309 e. The molecule has 0 spiro atoms. The van der Waals surface area contributed by atoms with Crippen LogP contribution in [-0.4, -0.2) is 14.5 Å². The second-order valence-electron chi connectivity index (χ2n) is 13.0. The minimum atomic E-state index is 0.955. The minimum absolute atomic E-state index is 0.955. The van der Waals surface area contributed by atoms with Gasteiger partial charge >= 0.3 is 0 Å². The Morgan fingerprint density at radius 1 is 0.333 bits per heavy atom. The molecule has 10 rings (SSSR count). The van der Waals surface area contributed by atoms with Crippen molar-refractivity contribution in [2.75, 3.05) is 0 Å². The first-order valence-electron chi connectivity index (χ1n) is 17.3. The Hall–Kier alpha value is -6.84. The third-order valence-corrected chi connectivity index (χ3v) is 9.97. The molecule has 51 heavy (non-hydrogen) atoms. The fourth-order valence-corrected chi connectivity index (χ4v) is 7.61. The van der Waals surface area contributed by atoms with Crippen LogP contribution >= 0.6 is 0 Å². The van der Waals surface area contributed by atoms with Crippen LogP contribution in [0.5, 0.6) is 0 Å². The Balaban J connectivity index is 1.17. The van der Waals surface area contributed by atoms with Crippen molar-refractivity contribution in [1.29, 1.82) is 0 Å². The largest absolute Gasteiger partial charge is 0.309 e. The molecular formula is C48H31N3. The highest BCUT2D eigenvalue weighted by Gasteiger charge is 2.19. The van der Waals surface area contributed by atoms with Crippen molar-refractivity contribution >= 4 is 43.5 Å². The standard InChI is InChI=1S/C48H31N3/c1-4-14-33(15-5-1)42-30-36(31-43(49-42)34-16-6-2-7-17-34)32-24-26-35(27-25-32)48-40-28-29-45-47(46(40)38-20-10-12-22-41(38)50-48)39-21-11-13-23-44(39)51(45)37-18-8-3-9-19-37/h1-31H. The van der Waals surface area contributed by atoms with Crippen LogP contribution in [0, 0.1) is 0 Å². The van der Waals surface area contributed by atoms with Crippen LogP contribution in [0.25, 0.3) is 94.1 Å². The van der Waals surface area contributed by atoms with Crippen molar-refractivity contribution in [3.05, 3.63) is 188 Å². The zero-order chi connectivity index (χ0) is 33.7. The molecule has 3 aromatic heterocycles. The van der Waals surface area contributed by atoms with E-state index in [0.29, 0.717) is 0 Å². The molecule has 0 radical (unpaired) electrons. The molecule has 0 aliphatic rings. The number of benzene rings is 7. The second kappa shape index (κ2) is 11.9. The van der Waals surface area contributed by atoms with Crippen molar-refractivity contribution in [3.63, 3.8) is 0 Å². The molecule has 3 nitrogen and oxygen atoms in total. The number of hydrogen-bond acceptors (Lipinski definition) is 2. The summed E-state index contributed by atoms with van der Waals surface area (Å²) in [6.45, 7) is 0. The normalized spacial score (nSPS) is 11.5. The van der Waals surface area contributed by atoms with Gasteiger partial charge in [0.1, 0.15) is 0 Å². The maximum absolute atomic E-state index is 5.32. The SMILES string of the molecule is c1ccc(-c2cc(-c3ccc(-c4nc5ccccc5c5c4ccc4c5c5ccccc5n4-c4ccccc4)cc3)cc(-c3ccccc3)n2)cc1. The molecule has 0 aliphatic heterocycles. The molecule has 3 heterocycles. The lowest BCUT2D eigenvalue weighted by atomic mass is 9.95. The number of pyridine rings is 2. The summed E-state index contributed by atoms with van der Waals surface area (Å²) in [6, 6.07) is 66.6. The van der Waals surface area contributed by atoms with Gasteiger partial charge in [0, 0.05) is 49.3 Å². The second-order valence-corrected chi connectivity index (χ2v) is 13.0. The van der Waals surface area contributed by atoms with Crippen LogP contribution in [0.1, 0.15) is 0 Å². The average molecular weight is 650 g/mol. The van der Waals surface area contributed by atoms with E-state index in [1.165, 1.54) is 27.2 Å². The van der Waals surface area contributed by atoms with Crippen LogP contribution in [-0.2, 0) is 0 Å². The molecule has 0 saturated heterocycles. The third-order valence-electron chi connectivity index (χ3n) is 9.97. The number of rotatable bonds is 5. The monoisotopic (exact) mass is 649 g/mol. The van der Waals surface area contributed by atoms with Crippen molar-refractivity contribution < 1.29 is 0 Å². The van der Waals surface area contributed by atoms with Crippen LogP contribution in [0.4, 0.5) is 0 Å². The summed E-state index contributed by atoms with van der Waals surface area (Å²) in [4.78, 5) is 10.4. The molecule has 238 valence electrons. The van der Waals surface area contributed by atoms with E-state index in [1.54, 1.807) is 0 Å². The summed E-state index contributed by atoms with van der Waals surface area (Å²) in [5.74, 6) is 0. The van der Waals surface area contributed by atoms with E-state index >= 15 is 0 Å². The van der Waals surface area contributed by atoms with Crippen LogP contribution in [0.15, 0.2) is 188 Å². The molecule has 0 fully saturated rings. The zero-order valence-corrected chi connectivity index (χ0v) is 27.7. The molecular weight excluding hydrogens is 619 g/mol. The molecule has 0 saturated carbocycles. The van der Waals surface area contributed by atoms with Gasteiger partial charge in [-0.15, -0.1) is 0 Å². The smallest absolute Gasteiger partial charge is 0.0788 e. The topological polar surface area (TPSA) is 30.7 Å². The lowest BCUT2D eigenvalue weighted by Crippen LogP contribution is -1.94. The molecule has 0 bridgehead atoms. The predicted octanol–water partition coefficient (Wildman–Crippen LogP) is 12.5. The first-order chi connectivity index (χ1) is 25.3. The van der Waals surface area contributed by atoms with Gasteiger partial charge in [0.2, 0.25) is 0 Å². The Kier molecular flexibility index (Phi) is 6.81. The average Bonchev–Trinajstić information content (AvgIpc) is 3.56. The molecule has 0 N–H and O–H groups in total. The van der Waals surface area contributed by atoms with Gasteiger partial charge in [-0.1, -0.05) is 146 Å². The Morgan fingerprint density at radius 3 is 1.59 bits per heavy atom. The van der Waals surface area contributed by atoms with Gasteiger partial charge in [0.15, 0.2) is 0 Å². The van der Waals surface area contributed by atoms with E-state index in [9.17, 15) is 0 Å². The highest BCUT2D eigenvalue weighted by atomic mass is 15.0. The van der Waals surface area contributed by atoms with Crippen molar-refractivity contribution in [1.82, 2.24) is 14.5 Å². The van der Waals surface area contributed by atoms with E-state index in [2.05, 4.69) is 180 Å². The molecule has 3 heteroatoms. The molecule has 0 atom stereocenters. The fourth-order valence-electron chi connectivity index (χ4n) is 7.61. The summed E-state index contributed by atoms with van der Waals surface area (Å²) in [5, 5.41) is 6.03. The molecule has 10 aromatic rings. The first kappa shape index (κ1) is 29.1. The molecule has 0 unspecified atom stereocenters. The molecule has 7 aromatic carbocycles. The predicted molar refractivity (Wildman–Crippen MR) is 213 cm³/mol. The van der Waals surface area contributed by atoms with Crippen LogP contribution in [0.3, 0.4) is 0 Å².